The predicted octanol–water partition coefficient (Wildman–Crippen LogP) is 4.70. The van der Waals surface area contributed by atoms with Crippen molar-refractivity contribution in [2.24, 2.45) is 0 Å². The third-order valence-electron chi connectivity index (χ3n) is 5.24. The van der Waals surface area contributed by atoms with E-state index in [1.54, 1.807) is 12.1 Å². The first kappa shape index (κ1) is 20.3. The summed E-state index contributed by atoms with van der Waals surface area (Å²) in [6.07, 6.45) is 0. The van der Waals surface area contributed by atoms with Gasteiger partial charge in [0.15, 0.2) is 0 Å². The molecule has 1 amide bonds. The van der Waals surface area contributed by atoms with Crippen LogP contribution in [0.15, 0.2) is 77.3 Å². The van der Waals surface area contributed by atoms with Crippen LogP contribution >= 0.6 is 15.9 Å². The summed E-state index contributed by atoms with van der Waals surface area (Å²) in [4.78, 5) is 17.3. The van der Waals surface area contributed by atoms with Crippen LogP contribution in [-0.4, -0.2) is 42.1 Å². The number of hydrogen-bond donors (Lipinski definition) is 1. The first-order chi connectivity index (χ1) is 14.6. The maximum Gasteiger partial charge on any atom is 0.257 e. The topological polar surface area (TPSA) is 53.0 Å². The summed E-state index contributed by atoms with van der Waals surface area (Å²) in [5.41, 5.74) is 2.67. The van der Waals surface area contributed by atoms with Gasteiger partial charge in [-0.3, -0.25) is 4.79 Å². The normalized spacial score (nSPS) is 13.9. The summed E-state index contributed by atoms with van der Waals surface area (Å²) in [5.74, 6) is 0.842. The van der Waals surface area contributed by atoms with E-state index >= 15 is 0 Å². The molecule has 1 N–H and O–H groups in total. The van der Waals surface area contributed by atoms with Gasteiger partial charge in [0.2, 0.25) is 0 Å². The van der Waals surface area contributed by atoms with Crippen molar-refractivity contribution in [2.45, 2.75) is 6.61 Å². The summed E-state index contributed by atoms with van der Waals surface area (Å²) < 4.78 is 6.99. The predicted molar refractivity (Wildman–Crippen MR) is 121 cm³/mol. The number of amides is 1. The van der Waals surface area contributed by atoms with Crippen molar-refractivity contribution in [1.29, 1.82) is 0 Å². The summed E-state index contributed by atoms with van der Waals surface area (Å²) in [7, 11) is 0. The zero-order valence-corrected chi connectivity index (χ0v) is 18.1. The lowest BCUT2D eigenvalue weighted by atomic mass is 10.1. The number of nitrogens with zero attached hydrogens (tertiary/aromatic N) is 2. The fourth-order valence-electron chi connectivity index (χ4n) is 3.54. The van der Waals surface area contributed by atoms with Crippen molar-refractivity contribution in [1.82, 2.24) is 4.90 Å². The summed E-state index contributed by atoms with van der Waals surface area (Å²) >= 11 is 3.53. The van der Waals surface area contributed by atoms with Crippen molar-refractivity contribution < 1.29 is 14.6 Å². The average Bonchev–Trinajstić information content (AvgIpc) is 2.79. The molecule has 0 bridgehead atoms. The third-order valence-corrected chi connectivity index (χ3v) is 6.01. The van der Waals surface area contributed by atoms with Gasteiger partial charge in [-0.05, 0) is 42.5 Å². The lowest BCUT2D eigenvalue weighted by molar-refractivity contribution is 0.0742. The molecule has 5 nitrogen and oxygen atoms in total. The van der Waals surface area contributed by atoms with Gasteiger partial charge in [0.1, 0.15) is 18.1 Å². The average molecular weight is 467 g/mol. The van der Waals surface area contributed by atoms with Crippen LogP contribution in [0.4, 0.5) is 5.69 Å². The Morgan fingerprint density at radius 2 is 1.57 bits per heavy atom. The molecular weight excluding hydrogens is 444 g/mol. The minimum Gasteiger partial charge on any atom is -0.508 e. The van der Waals surface area contributed by atoms with E-state index in [0.29, 0.717) is 31.0 Å². The van der Waals surface area contributed by atoms with Gasteiger partial charge in [-0.15, -0.1) is 0 Å². The molecule has 3 aromatic carbocycles. The zero-order valence-electron chi connectivity index (χ0n) is 16.5. The number of phenolic OH excluding ortho intramolecular Hbond substituents is 1. The number of benzene rings is 3. The smallest absolute Gasteiger partial charge is 0.257 e. The Balaban J connectivity index is 1.41. The van der Waals surface area contributed by atoms with E-state index in [1.165, 1.54) is 0 Å². The Hall–Kier alpha value is -2.99. The SMILES string of the molecule is O=C(c1ccccc1OCc1ccccc1Br)N1CCN(c2ccc(O)cc2)CC1. The van der Waals surface area contributed by atoms with Crippen molar-refractivity contribution in [3.63, 3.8) is 0 Å². The van der Waals surface area contributed by atoms with E-state index in [2.05, 4.69) is 20.8 Å². The van der Waals surface area contributed by atoms with E-state index in [9.17, 15) is 9.90 Å². The molecule has 0 aliphatic carbocycles. The van der Waals surface area contributed by atoms with Crippen LogP contribution in [0.2, 0.25) is 0 Å². The quantitative estimate of drug-likeness (QED) is 0.592. The number of phenols is 1. The highest BCUT2D eigenvalue weighted by Gasteiger charge is 2.24. The van der Waals surface area contributed by atoms with Crippen LogP contribution in [-0.2, 0) is 6.61 Å². The van der Waals surface area contributed by atoms with Crippen molar-refractivity contribution in [3.05, 3.63) is 88.4 Å². The monoisotopic (exact) mass is 466 g/mol. The Labute approximate surface area is 184 Å². The number of anilines is 1. The fraction of sp³-hybridized carbons (Fsp3) is 0.208. The first-order valence-corrected chi connectivity index (χ1v) is 10.7. The second-order valence-electron chi connectivity index (χ2n) is 7.17. The minimum absolute atomic E-state index is 0.0110. The van der Waals surface area contributed by atoms with Gasteiger partial charge in [0, 0.05) is 41.9 Å². The van der Waals surface area contributed by atoms with Gasteiger partial charge in [-0.25, -0.2) is 0 Å². The van der Waals surface area contributed by atoms with Crippen molar-refractivity contribution >= 4 is 27.5 Å². The highest BCUT2D eigenvalue weighted by atomic mass is 79.9. The zero-order chi connectivity index (χ0) is 20.9. The number of piperazine rings is 1. The summed E-state index contributed by atoms with van der Waals surface area (Å²) in [6, 6.07) is 22.5. The van der Waals surface area contributed by atoms with E-state index in [1.807, 2.05) is 65.6 Å². The number of para-hydroxylation sites is 1. The third kappa shape index (κ3) is 4.60. The van der Waals surface area contributed by atoms with Crippen LogP contribution < -0.4 is 9.64 Å². The molecule has 0 unspecified atom stereocenters. The maximum absolute atomic E-state index is 13.2. The molecule has 154 valence electrons. The Bertz CT molecular complexity index is 1010. The van der Waals surface area contributed by atoms with E-state index in [0.717, 1.165) is 28.8 Å². The van der Waals surface area contributed by atoms with E-state index in [4.69, 9.17) is 4.74 Å². The number of carbonyl (C=O) groups excluding carboxylic acids is 1. The number of aromatic hydroxyl groups is 1. The summed E-state index contributed by atoms with van der Waals surface area (Å²) in [5, 5.41) is 9.47. The Morgan fingerprint density at radius 3 is 2.30 bits per heavy atom. The van der Waals surface area contributed by atoms with Crippen LogP contribution in [0.5, 0.6) is 11.5 Å². The number of ether oxygens (including phenoxy) is 1. The molecule has 0 atom stereocenters. The number of hydrogen-bond acceptors (Lipinski definition) is 4. The molecular formula is C24H23BrN2O3. The Morgan fingerprint density at radius 1 is 0.900 bits per heavy atom. The molecule has 1 saturated heterocycles. The van der Waals surface area contributed by atoms with Gasteiger partial charge in [0.25, 0.3) is 5.91 Å². The number of carbonyl (C=O) groups is 1. The molecule has 1 fully saturated rings. The highest BCUT2D eigenvalue weighted by molar-refractivity contribution is 9.10. The van der Waals surface area contributed by atoms with Gasteiger partial charge in [-0.1, -0.05) is 46.3 Å². The fourth-order valence-corrected chi connectivity index (χ4v) is 3.94. The molecule has 30 heavy (non-hydrogen) atoms. The standard InChI is InChI=1S/C24H23BrN2O3/c25-22-7-3-1-5-18(22)17-30-23-8-4-2-6-21(23)24(29)27-15-13-26(14-16-27)19-9-11-20(28)12-10-19/h1-12,28H,13-17H2. The molecule has 0 aromatic heterocycles. The second-order valence-corrected chi connectivity index (χ2v) is 8.03. The van der Waals surface area contributed by atoms with Crippen LogP contribution in [0.1, 0.15) is 15.9 Å². The number of rotatable bonds is 5. The molecule has 3 aromatic rings. The van der Waals surface area contributed by atoms with Gasteiger partial charge in [0.05, 0.1) is 5.56 Å². The second kappa shape index (κ2) is 9.22. The van der Waals surface area contributed by atoms with E-state index < -0.39 is 0 Å². The van der Waals surface area contributed by atoms with Gasteiger partial charge < -0.3 is 19.6 Å². The Kier molecular flexibility index (Phi) is 6.23. The molecule has 1 aliphatic heterocycles. The van der Waals surface area contributed by atoms with Crippen LogP contribution in [0, 0.1) is 0 Å². The molecule has 4 rings (SSSR count). The molecule has 1 aliphatic rings. The molecule has 6 heteroatoms. The summed E-state index contributed by atoms with van der Waals surface area (Å²) in [6.45, 7) is 3.16. The molecule has 1 heterocycles. The van der Waals surface area contributed by atoms with Crippen LogP contribution in [0.25, 0.3) is 0 Å². The highest BCUT2D eigenvalue weighted by Crippen LogP contribution is 2.25. The van der Waals surface area contributed by atoms with Crippen molar-refractivity contribution in [3.8, 4) is 11.5 Å². The molecule has 0 saturated carbocycles. The lowest BCUT2D eigenvalue weighted by Crippen LogP contribution is -2.48. The molecule has 0 radical (unpaired) electrons. The molecule has 0 spiro atoms. The van der Waals surface area contributed by atoms with E-state index in [-0.39, 0.29) is 11.7 Å². The minimum atomic E-state index is -0.0110. The first-order valence-electron chi connectivity index (χ1n) is 9.90. The maximum atomic E-state index is 13.2. The van der Waals surface area contributed by atoms with Crippen LogP contribution in [0.3, 0.4) is 0 Å². The van der Waals surface area contributed by atoms with Gasteiger partial charge in [-0.2, -0.15) is 0 Å². The lowest BCUT2D eigenvalue weighted by Gasteiger charge is -2.36. The largest absolute Gasteiger partial charge is 0.508 e. The van der Waals surface area contributed by atoms with Gasteiger partial charge >= 0.3 is 0 Å². The number of halogens is 1. The van der Waals surface area contributed by atoms with Crippen molar-refractivity contribution in [2.75, 3.05) is 31.1 Å².